The SMILES string of the molecule is C#CCn1c(C(C)C)nc(-c2ccc(Cl)c(Br)c2)c1N. The van der Waals surface area contributed by atoms with Crippen LogP contribution in [0.3, 0.4) is 0 Å². The highest BCUT2D eigenvalue weighted by molar-refractivity contribution is 9.10. The van der Waals surface area contributed by atoms with Gasteiger partial charge in [-0.05, 0) is 28.1 Å². The number of anilines is 1. The predicted molar refractivity (Wildman–Crippen MR) is 87.7 cm³/mol. The Kier molecular flexibility index (Phi) is 4.42. The van der Waals surface area contributed by atoms with E-state index in [0.717, 1.165) is 21.6 Å². The van der Waals surface area contributed by atoms with Gasteiger partial charge in [-0.1, -0.05) is 37.4 Å². The average molecular weight is 353 g/mol. The number of halogens is 2. The van der Waals surface area contributed by atoms with Gasteiger partial charge in [0.2, 0.25) is 0 Å². The minimum atomic E-state index is 0.246. The summed E-state index contributed by atoms with van der Waals surface area (Å²) >= 11 is 9.43. The number of nitrogens with two attached hydrogens (primary N) is 1. The van der Waals surface area contributed by atoms with E-state index in [1.807, 2.05) is 22.8 Å². The standard InChI is InChI=1S/C15H15BrClN3/c1-4-7-20-14(18)13(19-15(20)9(2)3)10-5-6-12(17)11(16)8-10/h1,5-6,8-9H,7,18H2,2-3H3. The molecule has 0 spiro atoms. The van der Waals surface area contributed by atoms with Gasteiger partial charge in [-0.2, -0.15) is 0 Å². The summed E-state index contributed by atoms with van der Waals surface area (Å²) in [7, 11) is 0. The van der Waals surface area contributed by atoms with Gasteiger partial charge < -0.3 is 10.3 Å². The number of imidazole rings is 1. The second-order valence-corrected chi connectivity index (χ2v) is 6.04. The molecule has 5 heteroatoms. The lowest BCUT2D eigenvalue weighted by molar-refractivity contribution is 0.691. The lowest BCUT2D eigenvalue weighted by Gasteiger charge is -2.08. The molecule has 0 aliphatic heterocycles. The van der Waals surface area contributed by atoms with Gasteiger partial charge in [0, 0.05) is 16.0 Å². The number of benzene rings is 1. The molecule has 1 aromatic heterocycles. The van der Waals surface area contributed by atoms with Gasteiger partial charge in [-0.15, -0.1) is 6.42 Å². The first-order chi connectivity index (χ1) is 9.45. The predicted octanol–water partition coefficient (Wildman–Crippen LogP) is 4.30. The van der Waals surface area contributed by atoms with Crippen molar-refractivity contribution in [2.45, 2.75) is 26.3 Å². The first-order valence-electron chi connectivity index (χ1n) is 6.20. The van der Waals surface area contributed by atoms with Crippen molar-refractivity contribution in [1.82, 2.24) is 9.55 Å². The van der Waals surface area contributed by atoms with E-state index >= 15 is 0 Å². The van der Waals surface area contributed by atoms with E-state index in [4.69, 9.17) is 23.8 Å². The highest BCUT2D eigenvalue weighted by Gasteiger charge is 2.18. The molecule has 1 aromatic carbocycles. The van der Waals surface area contributed by atoms with Crippen molar-refractivity contribution in [3.8, 4) is 23.6 Å². The van der Waals surface area contributed by atoms with Gasteiger partial charge >= 0.3 is 0 Å². The molecule has 0 saturated carbocycles. The van der Waals surface area contributed by atoms with E-state index in [1.54, 1.807) is 0 Å². The van der Waals surface area contributed by atoms with Crippen LogP contribution in [0.5, 0.6) is 0 Å². The smallest absolute Gasteiger partial charge is 0.132 e. The molecule has 2 N–H and O–H groups in total. The fourth-order valence-electron chi connectivity index (χ4n) is 2.04. The van der Waals surface area contributed by atoms with Gasteiger partial charge in [-0.3, -0.25) is 0 Å². The van der Waals surface area contributed by atoms with E-state index < -0.39 is 0 Å². The summed E-state index contributed by atoms with van der Waals surface area (Å²) in [5.41, 5.74) is 7.86. The molecule has 1 heterocycles. The van der Waals surface area contributed by atoms with Crippen LogP contribution in [-0.4, -0.2) is 9.55 Å². The zero-order valence-corrected chi connectivity index (χ0v) is 13.7. The molecule has 0 fully saturated rings. The van der Waals surface area contributed by atoms with Crippen LogP contribution in [0.1, 0.15) is 25.6 Å². The number of aromatic nitrogens is 2. The van der Waals surface area contributed by atoms with Crippen LogP contribution < -0.4 is 5.73 Å². The fourth-order valence-corrected chi connectivity index (χ4v) is 2.53. The van der Waals surface area contributed by atoms with Gasteiger partial charge in [0.1, 0.15) is 17.3 Å². The van der Waals surface area contributed by atoms with Crippen LogP contribution in [0.4, 0.5) is 5.82 Å². The Bertz CT molecular complexity index is 683. The van der Waals surface area contributed by atoms with Crippen molar-refractivity contribution in [2.75, 3.05) is 5.73 Å². The number of rotatable bonds is 3. The second kappa shape index (κ2) is 5.90. The Hall–Kier alpha value is -1.44. The molecule has 0 radical (unpaired) electrons. The molecule has 0 unspecified atom stereocenters. The van der Waals surface area contributed by atoms with Crippen LogP contribution >= 0.6 is 27.5 Å². The molecule has 0 aliphatic carbocycles. The van der Waals surface area contributed by atoms with Crippen LogP contribution in [-0.2, 0) is 6.54 Å². The van der Waals surface area contributed by atoms with Crippen LogP contribution in [0.15, 0.2) is 22.7 Å². The first kappa shape index (κ1) is 15.0. The first-order valence-corrected chi connectivity index (χ1v) is 7.37. The number of nitrogen functional groups attached to an aromatic ring is 1. The summed E-state index contributed by atoms with van der Waals surface area (Å²) in [6.07, 6.45) is 5.41. The lowest BCUT2D eigenvalue weighted by Crippen LogP contribution is -2.07. The molecular formula is C15H15BrClN3. The van der Waals surface area contributed by atoms with E-state index in [-0.39, 0.29) is 5.92 Å². The maximum Gasteiger partial charge on any atom is 0.132 e. The molecule has 2 aromatic rings. The van der Waals surface area contributed by atoms with Crippen molar-refractivity contribution in [3.63, 3.8) is 0 Å². The largest absolute Gasteiger partial charge is 0.383 e. The molecule has 0 bridgehead atoms. The van der Waals surface area contributed by atoms with Gasteiger partial charge in [0.15, 0.2) is 0 Å². The molecule has 3 nitrogen and oxygen atoms in total. The highest BCUT2D eigenvalue weighted by Crippen LogP contribution is 2.33. The van der Waals surface area contributed by atoms with Gasteiger partial charge in [0.25, 0.3) is 0 Å². The second-order valence-electron chi connectivity index (χ2n) is 4.78. The van der Waals surface area contributed by atoms with Crippen LogP contribution in [0.25, 0.3) is 11.3 Å². The summed E-state index contributed by atoms with van der Waals surface area (Å²) in [5.74, 6) is 4.34. The molecule has 104 valence electrons. The quantitative estimate of drug-likeness (QED) is 0.837. The third-order valence-corrected chi connectivity index (χ3v) is 4.21. The Balaban J connectivity index is 2.60. The molecule has 0 aliphatic rings. The van der Waals surface area contributed by atoms with Crippen molar-refractivity contribution in [2.24, 2.45) is 0 Å². The van der Waals surface area contributed by atoms with E-state index in [2.05, 4.69) is 40.7 Å². The molecule has 0 amide bonds. The zero-order chi connectivity index (χ0) is 14.9. The third-order valence-electron chi connectivity index (χ3n) is 3.00. The summed E-state index contributed by atoms with van der Waals surface area (Å²) in [5, 5.41) is 0.652. The molecule has 20 heavy (non-hydrogen) atoms. The minimum Gasteiger partial charge on any atom is -0.383 e. The topological polar surface area (TPSA) is 43.8 Å². The third kappa shape index (κ3) is 2.70. The Morgan fingerprint density at radius 1 is 1.50 bits per heavy atom. The van der Waals surface area contributed by atoms with E-state index in [0.29, 0.717) is 17.4 Å². The number of hydrogen-bond acceptors (Lipinski definition) is 2. The average Bonchev–Trinajstić information content (AvgIpc) is 2.72. The molecule has 0 atom stereocenters. The Morgan fingerprint density at radius 3 is 2.75 bits per heavy atom. The summed E-state index contributed by atoms with van der Waals surface area (Å²) in [6.45, 7) is 4.55. The number of nitrogens with zero attached hydrogens (tertiary/aromatic N) is 2. The van der Waals surface area contributed by atoms with Gasteiger partial charge in [-0.25, -0.2) is 4.98 Å². The zero-order valence-electron chi connectivity index (χ0n) is 11.3. The maximum atomic E-state index is 6.20. The number of hydrogen-bond donors (Lipinski definition) is 1. The monoisotopic (exact) mass is 351 g/mol. The Morgan fingerprint density at radius 2 is 2.20 bits per heavy atom. The lowest BCUT2D eigenvalue weighted by atomic mass is 10.1. The maximum absolute atomic E-state index is 6.20. The molecule has 0 saturated heterocycles. The van der Waals surface area contributed by atoms with E-state index in [1.165, 1.54) is 0 Å². The summed E-state index contributed by atoms with van der Waals surface area (Å²) in [6, 6.07) is 5.62. The van der Waals surface area contributed by atoms with Crippen LogP contribution in [0.2, 0.25) is 5.02 Å². The molecular weight excluding hydrogens is 338 g/mol. The summed E-state index contributed by atoms with van der Waals surface area (Å²) in [4.78, 5) is 4.65. The van der Waals surface area contributed by atoms with Crippen molar-refractivity contribution < 1.29 is 0 Å². The highest BCUT2D eigenvalue weighted by atomic mass is 79.9. The van der Waals surface area contributed by atoms with E-state index in [9.17, 15) is 0 Å². The van der Waals surface area contributed by atoms with Crippen molar-refractivity contribution in [3.05, 3.63) is 33.5 Å². The normalized spacial score (nSPS) is 10.8. The number of terminal acetylenes is 1. The van der Waals surface area contributed by atoms with Crippen LogP contribution in [0, 0.1) is 12.3 Å². The minimum absolute atomic E-state index is 0.246. The Labute approximate surface area is 132 Å². The molecule has 2 rings (SSSR count). The summed E-state index contributed by atoms with van der Waals surface area (Å²) < 4.78 is 2.69. The van der Waals surface area contributed by atoms with Crippen molar-refractivity contribution >= 4 is 33.3 Å². The fraction of sp³-hybridized carbons (Fsp3) is 0.267. The van der Waals surface area contributed by atoms with Crippen molar-refractivity contribution in [1.29, 1.82) is 0 Å². The van der Waals surface area contributed by atoms with Gasteiger partial charge in [0.05, 0.1) is 11.6 Å².